The third kappa shape index (κ3) is 3.19. The van der Waals surface area contributed by atoms with Crippen molar-refractivity contribution >= 4 is 5.69 Å². The van der Waals surface area contributed by atoms with E-state index in [2.05, 4.69) is 0 Å². The molecule has 2 nitrogen and oxygen atoms in total. The molecule has 19 heavy (non-hydrogen) atoms. The zero-order valence-electron chi connectivity index (χ0n) is 10.7. The highest BCUT2D eigenvalue weighted by Gasteiger charge is 2.32. The average Bonchev–Trinajstić information content (AvgIpc) is 3.18. The van der Waals surface area contributed by atoms with Crippen LogP contribution in [0.15, 0.2) is 18.2 Å². The first-order chi connectivity index (χ1) is 8.95. The van der Waals surface area contributed by atoms with Crippen molar-refractivity contribution in [1.82, 2.24) is 0 Å². The van der Waals surface area contributed by atoms with E-state index < -0.39 is 11.7 Å². The van der Waals surface area contributed by atoms with E-state index in [1.54, 1.807) is 0 Å². The lowest BCUT2D eigenvalue weighted by Crippen LogP contribution is -2.26. The lowest BCUT2D eigenvalue weighted by atomic mass is 10.1. The molecular formula is C14H15F3N2. The fourth-order valence-electron chi connectivity index (χ4n) is 2.09. The van der Waals surface area contributed by atoms with Crippen molar-refractivity contribution < 1.29 is 13.2 Å². The Morgan fingerprint density at radius 3 is 2.53 bits per heavy atom. The number of nitrogens with zero attached hydrogens (tertiary/aromatic N) is 2. The molecule has 2 rings (SSSR count). The Kier molecular flexibility index (Phi) is 3.70. The van der Waals surface area contributed by atoms with Gasteiger partial charge in [-0.1, -0.05) is 0 Å². The molecule has 1 fully saturated rings. The number of hydrogen-bond acceptors (Lipinski definition) is 2. The summed E-state index contributed by atoms with van der Waals surface area (Å²) in [5.41, 5.74) is -0.0718. The van der Waals surface area contributed by atoms with E-state index in [4.69, 9.17) is 5.26 Å². The zero-order valence-corrected chi connectivity index (χ0v) is 10.7. The van der Waals surface area contributed by atoms with Crippen LogP contribution in [0.4, 0.5) is 18.9 Å². The Morgan fingerprint density at radius 2 is 2.05 bits per heavy atom. The van der Waals surface area contributed by atoms with Crippen LogP contribution in [0.2, 0.25) is 0 Å². The average molecular weight is 268 g/mol. The summed E-state index contributed by atoms with van der Waals surface area (Å²) in [4.78, 5) is 1.98. The van der Waals surface area contributed by atoms with Crippen molar-refractivity contribution in [2.24, 2.45) is 5.92 Å². The second kappa shape index (κ2) is 5.12. The molecule has 1 saturated carbocycles. The monoisotopic (exact) mass is 268 g/mol. The maximum absolute atomic E-state index is 12.6. The molecule has 1 aromatic carbocycles. The van der Waals surface area contributed by atoms with Gasteiger partial charge in [0, 0.05) is 13.1 Å². The van der Waals surface area contributed by atoms with Gasteiger partial charge in [-0.3, -0.25) is 0 Å². The summed E-state index contributed by atoms with van der Waals surface area (Å²) < 4.78 is 37.8. The van der Waals surface area contributed by atoms with Crippen LogP contribution in [0.25, 0.3) is 0 Å². The predicted octanol–water partition coefficient (Wildman–Crippen LogP) is 3.81. The van der Waals surface area contributed by atoms with Gasteiger partial charge in [0.05, 0.1) is 16.8 Å². The molecule has 0 aromatic heterocycles. The van der Waals surface area contributed by atoms with Crippen LogP contribution in [0.1, 0.15) is 30.9 Å². The van der Waals surface area contributed by atoms with Crippen LogP contribution in [0, 0.1) is 17.2 Å². The first-order valence-electron chi connectivity index (χ1n) is 6.32. The number of hydrogen-bond donors (Lipinski definition) is 0. The normalized spacial score (nSPS) is 15.1. The fraction of sp³-hybridized carbons (Fsp3) is 0.500. The zero-order chi connectivity index (χ0) is 14.0. The van der Waals surface area contributed by atoms with Crippen LogP contribution >= 0.6 is 0 Å². The fourth-order valence-corrected chi connectivity index (χ4v) is 2.09. The lowest BCUT2D eigenvalue weighted by molar-refractivity contribution is -0.137. The van der Waals surface area contributed by atoms with Gasteiger partial charge >= 0.3 is 6.18 Å². The van der Waals surface area contributed by atoms with E-state index in [0.717, 1.165) is 18.7 Å². The van der Waals surface area contributed by atoms with E-state index >= 15 is 0 Å². The van der Waals surface area contributed by atoms with Gasteiger partial charge in [0.25, 0.3) is 0 Å². The lowest BCUT2D eigenvalue weighted by Gasteiger charge is -2.24. The summed E-state index contributed by atoms with van der Waals surface area (Å²) in [7, 11) is 0. The third-order valence-corrected chi connectivity index (χ3v) is 3.34. The maximum Gasteiger partial charge on any atom is 0.416 e. The molecule has 5 heteroatoms. The summed E-state index contributed by atoms with van der Waals surface area (Å²) in [5.74, 6) is 0.619. The largest absolute Gasteiger partial charge is 0.416 e. The molecule has 0 aliphatic heterocycles. The second-order valence-corrected chi connectivity index (χ2v) is 4.82. The van der Waals surface area contributed by atoms with E-state index in [9.17, 15) is 13.2 Å². The van der Waals surface area contributed by atoms with Gasteiger partial charge in [-0.2, -0.15) is 18.4 Å². The SMILES string of the molecule is CCN(CC1CC1)c1ccc(C(F)(F)F)cc1C#N. The first-order valence-corrected chi connectivity index (χ1v) is 6.32. The smallest absolute Gasteiger partial charge is 0.370 e. The quantitative estimate of drug-likeness (QED) is 0.830. The summed E-state index contributed by atoms with van der Waals surface area (Å²) >= 11 is 0. The van der Waals surface area contributed by atoms with Crippen molar-refractivity contribution in [1.29, 1.82) is 5.26 Å². The minimum atomic E-state index is -4.41. The van der Waals surface area contributed by atoms with Gasteiger partial charge < -0.3 is 4.90 Å². The number of anilines is 1. The molecule has 0 atom stereocenters. The summed E-state index contributed by atoms with van der Waals surface area (Å²) in [5, 5.41) is 9.06. The van der Waals surface area contributed by atoms with Crippen LogP contribution in [0.3, 0.4) is 0 Å². The van der Waals surface area contributed by atoms with E-state index in [1.165, 1.54) is 18.9 Å². The van der Waals surface area contributed by atoms with Gasteiger partial charge in [0.2, 0.25) is 0 Å². The molecule has 1 aliphatic carbocycles. The number of alkyl halides is 3. The Bertz CT molecular complexity index is 498. The van der Waals surface area contributed by atoms with Crippen molar-refractivity contribution in [3.63, 3.8) is 0 Å². The minimum Gasteiger partial charge on any atom is -0.370 e. The number of nitriles is 1. The number of halogens is 3. The van der Waals surface area contributed by atoms with E-state index in [-0.39, 0.29) is 5.56 Å². The molecule has 0 N–H and O–H groups in total. The van der Waals surface area contributed by atoms with Crippen molar-refractivity contribution in [3.05, 3.63) is 29.3 Å². The number of benzene rings is 1. The first kappa shape index (κ1) is 13.7. The van der Waals surface area contributed by atoms with Gasteiger partial charge in [0.1, 0.15) is 6.07 Å². The molecule has 1 aliphatic rings. The van der Waals surface area contributed by atoms with E-state index in [1.807, 2.05) is 17.9 Å². The maximum atomic E-state index is 12.6. The summed E-state index contributed by atoms with van der Waals surface area (Å²) in [6, 6.07) is 5.27. The molecular weight excluding hydrogens is 253 g/mol. The Balaban J connectivity index is 2.31. The Morgan fingerprint density at radius 1 is 1.37 bits per heavy atom. The summed E-state index contributed by atoms with van der Waals surface area (Å²) in [6.07, 6.45) is -2.07. The molecule has 1 aromatic rings. The highest BCUT2D eigenvalue weighted by atomic mass is 19.4. The molecule has 0 bridgehead atoms. The highest BCUT2D eigenvalue weighted by Crippen LogP contribution is 2.35. The molecule has 0 radical (unpaired) electrons. The van der Waals surface area contributed by atoms with Crippen LogP contribution in [-0.2, 0) is 6.18 Å². The van der Waals surface area contributed by atoms with E-state index in [0.29, 0.717) is 18.2 Å². The van der Waals surface area contributed by atoms with Gasteiger partial charge in [-0.25, -0.2) is 0 Å². The van der Waals surface area contributed by atoms with Crippen LogP contribution < -0.4 is 4.90 Å². The molecule has 0 unspecified atom stereocenters. The highest BCUT2D eigenvalue weighted by molar-refractivity contribution is 5.60. The third-order valence-electron chi connectivity index (χ3n) is 3.34. The Hall–Kier alpha value is -1.70. The molecule has 0 heterocycles. The predicted molar refractivity (Wildman–Crippen MR) is 66.8 cm³/mol. The van der Waals surface area contributed by atoms with Crippen molar-refractivity contribution in [3.8, 4) is 6.07 Å². The van der Waals surface area contributed by atoms with Gasteiger partial charge in [-0.05, 0) is 43.9 Å². The number of rotatable bonds is 4. The minimum absolute atomic E-state index is 0.0947. The van der Waals surface area contributed by atoms with Gasteiger partial charge in [0.15, 0.2) is 0 Å². The molecule has 0 amide bonds. The van der Waals surface area contributed by atoms with Crippen LogP contribution in [-0.4, -0.2) is 13.1 Å². The molecule has 0 spiro atoms. The Labute approximate surface area is 110 Å². The van der Waals surface area contributed by atoms with Crippen LogP contribution in [0.5, 0.6) is 0 Å². The summed E-state index contributed by atoms with van der Waals surface area (Å²) in [6.45, 7) is 3.45. The topological polar surface area (TPSA) is 27.0 Å². The van der Waals surface area contributed by atoms with Crippen molar-refractivity contribution in [2.45, 2.75) is 25.9 Å². The van der Waals surface area contributed by atoms with Crippen molar-refractivity contribution in [2.75, 3.05) is 18.0 Å². The van der Waals surface area contributed by atoms with Gasteiger partial charge in [-0.15, -0.1) is 0 Å². The molecule has 102 valence electrons. The standard InChI is InChI=1S/C14H15F3N2/c1-2-19(9-10-3-4-10)13-6-5-12(14(15,16)17)7-11(13)8-18/h5-7,10H,2-4,9H2,1H3. The second-order valence-electron chi connectivity index (χ2n) is 4.82. The molecule has 0 saturated heterocycles.